The van der Waals surface area contributed by atoms with Crippen LogP contribution in [0.15, 0.2) is 53.2 Å². The molecule has 0 radical (unpaired) electrons. The highest BCUT2D eigenvalue weighted by Gasteiger charge is 2.15. The van der Waals surface area contributed by atoms with Crippen LogP contribution in [-0.4, -0.2) is 10.9 Å². The number of hydrogen-bond donors (Lipinski definition) is 1. The summed E-state index contributed by atoms with van der Waals surface area (Å²) in [4.78, 5) is 12.4. The average Bonchev–Trinajstić information content (AvgIpc) is 2.95. The maximum Gasteiger partial charge on any atom is 0.189 e. The van der Waals surface area contributed by atoms with E-state index in [1.807, 2.05) is 19.1 Å². The smallest absolute Gasteiger partial charge is 0.189 e. The van der Waals surface area contributed by atoms with E-state index in [0.717, 1.165) is 11.1 Å². The first-order valence-corrected chi connectivity index (χ1v) is 7.99. The summed E-state index contributed by atoms with van der Waals surface area (Å²) in [6, 6.07) is 11.4. The summed E-state index contributed by atoms with van der Waals surface area (Å²) in [5.41, 5.74) is 3.88. The minimum absolute atomic E-state index is 0.0245. The molecule has 122 valence electrons. The standard InChI is InChI=1S/C21H20O3/c1-13(2)16-7-4-15(5-8-16)6-10-18(22)17-9-11-19-20(21(17)23)14(3)12-24-19/h4-13,23H,1-3H3/b10-6+. The van der Waals surface area contributed by atoms with Crippen molar-refractivity contribution in [3.63, 3.8) is 0 Å². The van der Waals surface area contributed by atoms with Gasteiger partial charge in [0.1, 0.15) is 11.3 Å². The largest absolute Gasteiger partial charge is 0.506 e. The van der Waals surface area contributed by atoms with Crippen LogP contribution in [0, 0.1) is 6.92 Å². The van der Waals surface area contributed by atoms with Crippen molar-refractivity contribution in [3.8, 4) is 5.75 Å². The minimum atomic E-state index is -0.233. The van der Waals surface area contributed by atoms with E-state index in [1.165, 1.54) is 11.6 Å². The Morgan fingerprint density at radius 3 is 2.50 bits per heavy atom. The van der Waals surface area contributed by atoms with E-state index < -0.39 is 0 Å². The number of aryl methyl sites for hydroxylation is 1. The van der Waals surface area contributed by atoms with Gasteiger partial charge in [-0.05, 0) is 47.7 Å². The van der Waals surface area contributed by atoms with E-state index >= 15 is 0 Å². The summed E-state index contributed by atoms with van der Waals surface area (Å²) in [5, 5.41) is 11.0. The van der Waals surface area contributed by atoms with Gasteiger partial charge in [0, 0.05) is 0 Å². The molecule has 0 spiro atoms. The molecule has 0 bridgehead atoms. The quantitative estimate of drug-likeness (QED) is 0.512. The first-order chi connectivity index (χ1) is 11.5. The van der Waals surface area contributed by atoms with Crippen LogP contribution in [0.3, 0.4) is 0 Å². The van der Waals surface area contributed by atoms with Gasteiger partial charge in [-0.1, -0.05) is 44.2 Å². The predicted molar refractivity (Wildman–Crippen MR) is 96.5 cm³/mol. The maximum absolute atomic E-state index is 12.4. The monoisotopic (exact) mass is 320 g/mol. The lowest BCUT2D eigenvalue weighted by Crippen LogP contribution is -1.95. The second-order valence-electron chi connectivity index (χ2n) is 6.27. The number of carbonyl (C=O) groups is 1. The van der Waals surface area contributed by atoms with Gasteiger partial charge in [-0.2, -0.15) is 0 Å². The van der Waals surface area contributed by atoms with Crippen LogP contribution in [0.2, 0.25) is 0 Å². The van der Waals surface area contributed by atoms with Gasteiger partial charge in [-0.3, -0.25) is 4.79 Å². The summed E-state index contributed by atoms with van der Waals surface area (Å²) >= 11 is 0. The third-order valence-corrected chi connectivity index (χ3v) is 4.19. The summed E-state index contributed by atoms with van der Waals surface area (Å²) in [6.45, 7) is 6.13. The topological polar surface area (TPSA) is 50.4 Å². The van der Waals surface area contributed by atoms with Gasteiger partial charge in [-0.15, -0.1) is 0 Å². The van der Waals surface area contributed by atoms with Gasteiger partial charge in [0.05, 0.1) is 17.2 Å². The molecule has 0 amide bonds. The number of hydrogen-bond acceptors (Lipinski definition) is 3. The molecule has 3 rings (SSSR count). The highest BCUT2D eigenvalue weighted by molar-refractivity contribution is 6.11. The fourth-order valence-electron chi connectivity index (χ4n) is 2.72. The molecule has 24 heavy (non-hydrogen) atoms. The van der Waals surface area contributed by atoms with Gasteiger partial charge in [0.15, 0.2) is 5.78 Å². The van der Waals surface area contributed by atoms with E-state index in [0.29, 0.717) is 16.9 Å². The van der Waals surface area contributed by atoms with Gasteiger partial charge in [0.2, 0.25) is 0 Å². The molecule has 0 aliphatic rings. The zero-order chi connectivity index (χ0) is 17.3. The average molecular weight is 320 g/mol. The summed E-state index contributed by atoms with van der Waals surface area (Å²) in [7, 11) is 0. The van der Waals surface area contributed by atoms with Crippen molar-refractivity contribution < 1.29 is 14.3 Å². The Hall–Kier alpha value is -2.81. The van der Waals surface area contributed by atoms with Crippen molar-refractivity contribution in [1.82, 2.24) is 0 Å². The number of furan rings is 1. The summed E-state index contributed by atoms with van der Waals surface area (Å²) in [5.74, 6) is 0.220. The van der Waals surface area contributed by atoms with E-state index in [4.69, 9.17) is 4.42 Å². The number of phenols is 1. The summed E-state index contributed by atoms with van der Waals surface area (Å²) < 4.78 is 5.33. The van der Waals surface area contributed by atoms with Crippen LogP contribution < -0.4 is 0 Å². The molecule has 2 aromatic carbocycles. The van der Waals surface area contributed by atoms with Crippen LogP contribution in [0.5, 0.6) is 5.75 Å². The normalized spacial score (nSPS) is 11.7. The number of benzene rings is 2. The highest BCUT2D eigenvalue weighted by atomic mass is 16.3. The van der Waals surface area contributed by atoms with Crippen molar-refractivity contribution in [2.45, 2.75) is 26.7 Å². The molecule has 0 aliphatic carbocycles. The lowest BCUT2D eigenvalue weighted by molar-refractivity contribution is 0.104. The lowest BCUT2D eigenvalue weighted by Gasteiger charge is -2.05. The molecule has 1 N–H and O–H groups in total. The fraction of sp³-hybridized carbons (Fsp3) is 0.190. The fourth-order valence-corrected chi connectivity index (χ4v) is 2.72. The number of allylic oxidation sites excluding steroid dienone is 1. The molecule has 0 saturated carbocycles. The van der Waals surface area contributed by atoms with E-state index in [9.17, 15) is 9.90 Å². The van der Waals surface area contributed by atoms with Crippen LogP contribution in [0.1, 0.15) is 46.8 Å². The third kappa shape index (κ3) is 2.98. The number of carbonyl (C=O) groups excluding carboxylic acids is 1. The van der Waals surface area contributed by atoms with Crippen molar-refractivity contribution in [1.29, 1.82) is 0 Å². The number of fused-ring (bicyclic) bond motifs is 1. The molecule has 0 saturated heterocycles. The molecule has 1 aromatic heterocycles. The third-order valence-electron chi connectivity index (χ3n) is 4.19. The van der Waals surface area contributed by atoms with Crippen LogP contribution in [-0.2, 0) is 0 Å². The Balaban J connectivity index is 1.86. The lowest BCUT2D eigenvalue weighted by atomic mass is 10.0. The SMILES string of the molecule is Cc1coc2ccc(C(=O)/C=C/c3ccc(C(C)C)cc3)c(O)c12. The number of rotatable bonds is 4. The first kappa shape index (κ1) is 16.1. The Kier molecular flexibility index (Phi) is 4.26. The molecular weight excluding hydrogens is 300 g/mol. The van der Waals surface area contributed by atoms with Crippen molar-refractivity contribution in [2.24, 2.45) is 0 Å². The van der Waals surface area contributed by atoms with E-state index in [1.54, 1.807) is 24.5 Å². The molecule has 3 aromatic rings. The van der Waals surface area contributed by atoms with Gasteiger partial charge >= 0.3 is 0 Å². The summed E-state index contributed by atoms with van der Waals surface area (Å²) in [6.07, 6.45) is 4.82. The van der Waals surface area contributed by atoms with Crippen molar-refractivity contribution in [2.75, 3.05) is 0 Å². The molecular formula is C21H20O3. The Labute approximate surface area is 141 Å². The highest BCUT2D eigenvalue weighted by Crippen LogP contribution is 2.33. The van der Waals surface area contributed by atoms with Crippen molar-refractivity contribution >= 4 is 22.8 Å². The Bertz CT molecular complexity index is 912. The second-order valence-corrected chi connectivity index (χ2v) is 6.27. The van der Waals surface area contributed by atoms with Crippen molar-refractivity contribution in [3.05, 3.63) is 71.0 Å². The maximum atomic E-state index is 12.4. The minimum Gasteiger partial charge on any atom is -0.506 e. The van der Waals surface area contributed by atoms with E-state index in [2.05, 4.69) is 26.0 Å². The second kappa shape index (κ2) is 6.36. The van der Waals surface area contributed by atoms with Gasteiger partial charge in [-0.25, -0.2) is 0 Å². The molecule has 3 nitrogen and oxygen atoms in total. The molecule has 0 aliphatic heterocycles. The molecule has 0 unspecified atom stereocenters. The Morgan fingerprint density at radius 2 is 1.83 bits per heavy atom. The molecule has 0 atom stereocenters. The molecule has 0 fully saturated rings. The number of aromatic hydroxyl groups is 1. The zero-order valence-corrected chi connectivity index (χ0v) is 14.0. The van der Waals surface area contributed by atoms with Crippen LogP contribution in [0.25, 0.3) is 17.0 Å². The Morgan fingerprint density at radius 1 is 1.12 bits per heavy atom. The first-order valence-electron chi connectivity index (χ1n) is 7.99. The number of phenolic OH excluding ortho intramolecular Hbond substituents is 1. The predicted octanol–water partition coefficient (Wildman–Crippen LogP) is 5.47. The van der Waals surface area contributed by atoms with Gasteiger partial charge < -0.3 is 9.52 Å². The van der Waals surface area contributed by atoms with Crippen LogP contribution in [0.4, 0.5) is 0 Å². The van der Waals surface area contributed by atoms with Crippen LogP contribution >= 0.6 is 0 Å². The van der Waals surface area contributed by atoms with E-state index in [-0.39, 0.29) is 17.1 Å². The number of ketones is 1. The molecule has 3 heteroatoms. The van der Waals surface area contributed by atoms with Gasteiger partial charge in [0.25, 0.3) is 0 Å². The zero-order valence-electron chi connectivity index (χ0n) is 14.0. The molecule has 1 heterocycles.